The second-order valence-corrected chi connectivity index (χ2v) is 1.49. The van der Waals surface area contributed by atoms with Gasteiger partial charge >= 0.3 is 0 Å². The van der Waals surface area contributed by atoms with Crippen molar-refractivity contribution >= 4 is 17.4 Å². The molecular weight excluding hydrogens is 124 g/mol. The van der Waals surface area contributed by atoms with E-state index in [1.807, 2.05) is 0 Å². The Bertz CT molecular complexity index is 48.4. The number of rotatable bonds is 2. The molecule has 0 bridgehead atoms. The van der Waals surface area contributed by atoms with Crippen molar-refractivity contribution in [2.45, 2.75) is 6.92 Å². The molecule has 0 saturated heterocycles. The SMILES string of the molecule is C=CSC=O.CC[O]. The van der Waals surface area contributed by atoms with E-state index in [0.29, 0.717) is 0 Å². The molecule has 0 aliphatic rings. The van der Waals surface area contributed by atoms with Crippen molar-refractivity contribution in [1.29, 1.82) is 0 Å². The lowest BCUT2D eigenvalue weighted by atomic mass is 10.9. The largest absolute Gasteiger partial charge is 0.291 e. The molecule has 0 saturated carbocycles. The minimum absolute atomic E-state index is 0. The van der Waals surface area contributed by atoms with Gasteiger partial charge < -0.3 is 0 Å². The van der Waals surface area contributed by atoms with Crippen molar-refractivity contribution in [3.05, 3.63) is 12.0 Å². The van der Waals surface area contributed by atoms with Crippen LogP contribution in [0.1, 0.15) is 6.92 Å². The molecule has 2 nitrogen and oxygen atoms in total. The Balaban J connectivity index is 0. The molecule has 0 fully saturated rings. The molecule has 0 aliphatic heterocycles. The number of hydrogen-bond acceptors (Lipinski definition) is 2. The van der Waals surface area contributed by atoms with Crippen molar-refractivity contribution in [3.8, 4) is 0 Å². The molecule has 0 aromatic rings. The molecule has 3 heteroatoms. The number of hydrogen-bond donors (Lipinski definition) is 0. The maximum Gasteiger partial charge on any atom is 0.180 e. The zero-order valence-corrected chi connectivity index (χ0v) is 5.61. The fourth-order valence-corrected chi connectivity index (χ4v) is 0.118. The van der Waals surface area contributed by atoms with Crippen LogP contribution in [0.2, 0.25) is 0 Å². The molecule has 0 aromatic carbocycles. The zero-order valence-electron chi connectivity index (χ0n) is 4.79. The summed E-state index contributed by atoms with van der Waals surface area (Å²) in [6.45, 7) is 4.85. The Kier molecular flexibility index (Phi) is 21.2. The predicted molar refractivity (Wildman–Crippen MR) is 35.8 cm³/mol. The summed E-state index contributed by atoms with van der Waals surface area (Å²) in [5, 5.41) is 10.4. The van der Waals surface area contributed by atoms with E-state index in [2.05, 4.69) is 6.58 Å². The van der Waals surface area contributed by atoms with E-state index in [4.69, 9.17) is 5.11 Å². The quantitative estimate of drug-likeness (QED) is 0.535. The molecular formula is C5H9O2S. The highest BCUT2D eigenvalue weighted by Crippen LogP contribution is 1.88. The molecule has 0 unspecified atom stereocenters. The lowest BCUT2D eigenvalue weighted by Gasteiger charge is -1.59. The predicted octanol–water partition coefficient (Wildman–Crippen LogP) is 1.49. The Morgan fingerprint density at radius 3 is 2.12 bits per heavy atom. The minimum atomic E-state index is 0. The summed E-state index contributed by atoms with van der Waals surface area (Å²) >= 11 is 1.05. The second kappa shape index (κ2) is 15.9. The van der Waals surface area contributed by atoms with Gasteiger partial charge in [-0.1, -0.05) is 18.3 Å². The van der Waals surface area contributed by atoms with Gasteiger partial charge in [-0.25, -0.2) is 5.11 Å². The third kappa shape index (κ3) is 43.1. The van der Waals surface area contributed by atoms with Gasteiger partial charge in [-0.2, -0.15) is 0 Å². The zero-order chi connectivity index (χ0) is 6.83. The van der Waals surface area contributed by atoms with Crippen LogP contribution in [0.25, 0.3) is 0 Å². The average molecular weight is 133 g/mol. The molecule has 0 rings (SSSR count). The van der Waals surface area contributed by atoms with Gasteiger partial charge in [0.05, 0.1) is 6.61 Å². The first kappa shape index (κ1) is 10.7. The summed E-state index contributed by atoms with van der Waals surface area (Å²) in [4.78, 5) is 9.30. The van der Waals surface area contributed by atoms with Crippen LogP contribution < -0.4 is 0 Å². The van der Waals surface area contributed by atoms with Crippen LogP contribution in [-0.4, -0.2) is 12.2 Å². The molecule has 47 valence electrons. The molecule has 0 spiro atoms. The van der Waals surface area contributed by atoms with Gasteiger partial charge in [0, 0.05) is 0 Å². The van der Waals surface area contributed by atoms with Gasteiger partial charge in [-0.05, 0) is 12.3 Å². The van der Waals surface area contributed by atoms with Gasteiger partial charge in [-0.3, -0.25) is 4.79 Å². The lowest BCUT2D eigenvalue weighted by Crippen LogP contribution is -1.52. The van der Waals surface area contributed by atoms with Crippen LogP contribution in [0.4, 0.5) is 0 Å². The normalized spacial score (nSPS) is 6.25. The minimum Gasteiger partial charge on any atom is -0.291 e. The molecule has 1 radical (unpaired) electrons. The Morgan fingerprint density at radius 1 is 1.75 bits per heavy atom. The van der Waals surface area contributed by atoms with Crippen LogP contribution >= 0.6 is 11.8 Å². The van der Waals surface area contributed by atoms with Gasteiger partial charge in [0.25, 0.3) is 0 Å². The van der Waals surface area contributed by atoms with E-state index < -0.39 is 0 Å². The fourth-order valence-electron chi connectivity index (χ4n) is 0.0393. The number of carbonyl (C=O) groups is 1. The van der Waals surface area contributed by atoms with Gasteiger partial charge in [0.1, 0.15) is 0 Å². The smallest absolute Gasteiger partial charge is 0.180 e. The highest BCUT2D eigenvalue weighted by molar-refractivity contribution is 8.14. The van der Waals surface area contributed by atoms with Crippen LogP contribution in [0.3, 0.4) is 0 Å². The number of carbonyl (C=O) groups excluding carboxylic acids is 1. The Labute approximate surface area is 53.6 Å². The van der Waals surface area contributed by atoms with Crippen molar-refractivity contribution in [3.63, 3.8) is 0 Å². The molecule has 0 N–H and O–H groups in total. The summed E-state index contributed by atoms with van der Waals surface area (Å²) in [7, 11) is 0. The summed E-state index contributed by atoms with van der Waals surface area (Å²) in [5.41, 5.74) is 0.729. The molecule has 0 atom stereocenters. The van der Waals surface area contributed by atoms with Crippen LogP contribution in [0, 0.1) is 0 Å². The van der Waals surface area contributed by atoms with E-state index in [0.717, 1.165) is 17.4 Å². The molecule has 0 aromatic heterocycles. The van der Waals surface area contributed by atoms with E-state index >= 15 is 0 Å². The topological polar surface area (TPSA) is 37.0 Å². The summed E-state index contributed by atoms with van der Waals surface area (Å²) in [6.07, 6.45) is 0. The Morgan fingerprint density at radius 2 is 2.12 bits per heavy atom. The monoisotopic (exact) mass is 133 g/mol. The van der Waals surface area contributed by atoms with Crippen molar-refractivity contribution in [2.75, 3.05) is 6.61 Å². The average Bonchev–Trinajstić information content (AvgIpc) is 1.71. The van der Waals surface area contributed by atoms with E-state index in [1.54, 1.807) is 6.92 Å². The van der Waals surface area contributed by atoms with E-state index in [1.165, 1.54) is 5.41 Å². The third-order valence-electron chi connectivity index (χ3n) is 0.152. The fraction of sp³-hybridized carbons (Fsp3) is 0.400. The summed E-state index contributed by atoms with van der Waals surface area (Å²) in [5.74, 6) is 0. The van der Waals surface area contributed by atoms with Gasteiger partial charge in [0.2, 0.25) is 0 Å². The first-order valence-corrected chi connectivity index (χ1v) is 3.05. The summed E-state index contributed by atoms with van der Waals surface area (Å²) < 4.78 is 0. The second-order valence-electron chi connectivity index (χ2n) is 0.688. The number of thioether (sulfide) groups is 1. The first-order valence-electron chi connectivity index (χ1n) is 2.11. The van der Waals surface area contributed by atoms with Gasteiger partial charge in [0.15, 0.2) is 5.62 Å². The summed E-state index contributed by atoms with van der Waals surface area (Å²) in [6, 6.07) is 0. The standard InChI is InChI=1S/C3H4OS.C2H5O/c1-2-5-3-4;1-2-3/h2-3H,1H2;2H2,1H3. The molecule has 0 aliphatic carbocycles. The highest BCUT2D eigenvalue weighted by atomic mass is 32.2. The van der Waals surface area contributed by atoms with Crippen molar-refractivity contribution in [2.24, 2.45) is 0 Å². The third-order valence-corrected chi connectivity index (χ3v) is 0.455. The molecule has 0 heterocycles. The van der Waals surface area contributed by atoms with Crippen LogP contribution in [0.5, 0.6) is 0 Å². The van der Waals surface area contributed by atoms with Crippen LogP contribution in [-0.2, 0) is 9.90 Å². The van der Waals surface area contributed by atoms with Crippen molar-refractivity contribution in [1.82, 2.24) is 0 Å². The lowest BCUT2D eigenvalue weighted by molar-refractivity contribution is 0.212. The van der Waals surface area contributed by atoms with E-state index in [9.17, 15) is 4.79 Å². The molecule has 8 heavy (non-hydrogen) atoms. The maximum absolute atomic E-state index is 9.30. The highest BCUT2D eigenvalue weighted by Gasteiger charge is 1.58. The van der Waals surface area contributed by atoms with Gasteiger partial charge in [-0.15, -0.1) is 0 Å². The van der Waals surface area contributed by atoms with E-state index in [-0.39, 0.29) is 6.61 Å². The van der Waals surface area contributed by atoms with Crippen molar-refractivity contribution < 1.29 is 9.90 Å². The molecule has 0 amide bonds. The Hall–Kier alpha value is -0.280. The first-order chi connectivity index (χ1) is 3.83. The maximum atomic E-state index is 9.30. The van der Waals surface area contributed by atoms with Crippen LogP contribution in [0.15, 0.2) is 12.0 Å².